The summed E-state index contributed by atoms with van der Waals surface area (Å²) in [6, 6.07) is 18.1. The maximum Gasteiger partial charge on any atom is 0.435 e. The number of alkyl halides is 3. The van der Waals surface area contributed by atoms with Gasteiger partial charge in [0.1, 0.15) is 11.5 Å². The number of amides is 1. The summed E-state index contributed by atoms with van der Waals surface area (Å²) in [5.41, 5.74) is 6.28. The predicted molar refractivity (Wildman–Crippen MR) is 143 cm³/mol. The van der Waals surface area contributed by atoms with Crippen LogP contribution in [0.25, 0.3) is 28.3 Å². The van der Waals surface area contributed by atoms with E-state index < -0.39 is 29.3 Å². The molecule has 13 heteroatoms. The molecular formula is C28H23F4N7O2. The number of nitrogens with zero attached hydrogens (tertiary/aromatic N) is 5. The van der Waals surface area contributed by atoms with E-state index in [0.29, 0.717) is 23.7 Å². The smallest absolute Gasteiger partial charge is 0.404 e. The molecule has 0 bridgehead atoms. The van der Waals surface area contributed by atoms with E-state index in [1.165, 1.54) is 30.3 Å². The highest BCUT2D eigenvalue weighted by Crippen LogP contribution is 2.32. The highest BCUT2D eigenvalue weighted by Gasteiger charge is 2.36. The van der Waals surface area contributed by atoms with Crippen LogP contribution in [0.4, 0.5) is 29.3 Å². The van der Waals surface area contributed by atoms with E-state index in [1.54, 1.807) is 12.1 Å². The molecule has 0 spiro atoms. The number of aromatic nitrogens is 4. The average Bonchev–Trinajstić information content (AvgIpc) is 3.57. The Balaban J connectivity index is 1.48. The molecule has 0 radical (unpaired) electrons. The molecule has 2 aromatic heterocycles. The first-order valence-electron chi connectivity index (χ1n) is 12.2. The molecule has 5 aromatic rings. The number of hydrogen-bond donors (Lipinski definition) is 2. The zero-order valence-electron chi connectivity index (χ0n) is 21.8. The molecule has 0 saturated carbocycles. The highest BCUT2D eigenvalue weighted by atomic mass is 19.4. The lowest BCUT2D eigenvalue weighted by Gasteiger charge is -2.15. The van der Waals surface area contributed by atoms with Crippen molar-refractivity contribution in [3.8, 4) is 28.3 Å². The van der Waals surface area contributed by atoms with Crippen molar-refractivity contribution in [1.29, 1.82) is 0 Å². The van der Waals surface area contributed by atoms with Gasteiger partial charge in [-0.15, -0.1) is 5.10 Å². The number of halogens is 4. The minimum absolute atomic E-state index is 0.0212. The number of anilines is 2. The monoisotopic (exact) mass is 565 g/mol. The van der Waals surface area contributed by atoms with Crippen molar-refractivity contribution in [2.24, 2.45) is 0 Å². The van der Waals surface area contributed by atoms with Gasteiger partial charge in [0.15, 0.2) is 5.69 Å². The Labute approximate surface area is 231 Å². The van der Waals surface area contributed by atoms with Crippen LogP contribution in [-0.4, -0.2) is 44.9 Å². The summed E-state index contributed by atoms with van der Waals surface area (Å²) >= 11 is 0. The van der Waals surface area contributed by atoms with Gasteiger partial charge in [-0.05, 0) is 61.1 Å². The molecule has 0 aliphatic carbocycles. The van der Waals surface area contributed by atoms with Gasteiger partial charge in [0.2, 0.25) is 5.89 Å². The third-order valence-electron chi connectivity index (χ3n) is 6.04. The number of hydrogen-bond acceptors (Lipinski definition) is 7. The first-order valence-corrected chi connectivity index (χ1v) is 12.2. The third kappa shape index (κ3) is 5.94. The lowest BCUT2D eigenvalue weighted by atomic mass is 9.99. The summed E-state index contributed by atoms with van der Waals surface area (Å²) in [5.74, 6) is -1.73. The molecule has 210 valence electrons. The minimum atomic E-state index is -4.84. The van der Waals surface area contributed by atoms with Crippen molar-refractivity contribution >= 4 is 17.6 Å². The molecule has 3 N–H and O–H groups in total. The van der Waals surface area contributed by atoms with Gasteiger partial charge < -0.3 is 20.4 Å². The first-order chi connectivity index (χ1) is 19.5. The van der Waals surface area contributed by atoms with Crippen LogP contribution >= 0.6 is 0 Å². The summed E-state index contributed by atoms with van der Waals surface area (Å²) in [7, 11) is 3.84. The lowest BCUT2D eigenvalue weighted by molar-refractivity contribution is -0.141. The van der Waals surface area contributed by atoms with Gasteiger partial charge in [-0.25, -0.2) is 9.07 Å². The number of rotatable bonds is 7. The van der Waals surface area contributed by atoms with E-state index in [-0.39, 0.29) is 23.3 Å². The molecule has 3 aromatic carbocycles. The largest absolute Gasteiger partial charge is 0.435 e. The van der Waals surface area contributed by atoms with E-state index in [4.69, 9.17) is 10.2 Å². The van der Waals surface area contributed by atoms with Crippen LogP contribution in [0.5, 0.6) is 0 Å². The summed E-state index contributed by atoms with van der Waals surface area (Å²) in [6.45, 7) is 0.628. The normalized spacial score (nSPS) is 11.7. The van der Waals surface area contributed by atoms with Crippen LogP contribution in [0, 0.1) is 5.82 Å². The average molecular weight is 566 g/mol. The van der Waals surface area contributed by atoms with Gasteiger partial charge in [0, 0.05) is 18.2 Å². The molecule has 9 nitrogen and oxygen atoms in total. The van der Waals surface area contributed by atoms with Crippen LogP contribution in [-0.2, 0) is 12.7 Å². The van der Waals surface area contributed by atoms with Crippen molar-refractivity contribution in [3.63, 3.8) is 0 Å². The van der Waals surface area contributed by atoms with Crippen LogP contribution in [0.2, 0.25) is 0 Å². The summed E-state index contributed by atoms with van der Waals surface area (Å²) < 4.78 is 62.0. The van der Waals surface area contributed by atoms with Gasteiger partial charge in [-0.2, -0.15) is 18.3 Å². The fourth-order valence-corrected chi connectivity index (χ4v) is 4.25. The maximum atomic E-state index is 15.2. The van der Waals surface area contributed by atoms with E-state index in [0.717, 1.165) is 15.8 Å². The Bertz CT molecular complexity index is 1730. The Morgan fingerprint density at radius 2 is 1.78 bits per heavy atom. The van der Waals surface area contributed by atoms with E-state index in [2.05, 4.69) is 20.6 Å². The second-order valence-electron chi connectivity index (χ2n) is 9.36. The molecule has 5 rings (SSSR count). The van der Waals surface area contributed by atoms with Crippen molar-refractivity contribution in [3.05, 3.63) is 95.6 Å². The van der Waals surface area contributed by atoms with Crippen LogP contribution in [0.15, 0.2) is 77.2 Å². The van der Waals surface area contributed by atoms with Gasteiger partial charge >= 0.3 is 12.2 Å². The fourth-order valence-electron chi connectivity index (χ4n) is 4.25. The topological polar surface area (TPSA) is 115 Å². The second kappa shape index (κ2) is 10.8. The zero-order valence-corrected chi connectivity index (χ0v) is 21.8. The molecule has 0 aliphatic heterocycles. The molecule has 2 heterocycles. The number of carbonyl (C=O) groups excluding carboxylic acids is 1. The van der Waals surface area contributed by atoms with E-state index in [9.17, 15) is 18.0 Å². The quantitative estimate of drug-likeness (QED) is 0.245. The second-order valence-corrected chi connectivity index (χ2v) is 9.36. The molecule has 0 unspecified atom stereocenters. The molecule has 0 saturated heterocycles. The van der Waals surface area contributed by atoms with Crippen LogP contribution < -0.4 is 11.1 Å². The van der Waals surface area contributed by atoms with Gasteiger partial charge in [-0.1, -0.05) is 41.5 Å². The molecule has 0 fully saturated rings. The van der Waals surface area contributed by atoms with Gasteiger partial charge in [-0.3, -0.25) is 4.79 Å². The van der Waals surface area contributed by atoms with E-state index in [1.807, 2.05) is 43.3 Å². The van der Waals surface area contributed by atoms with Gasteiger partial charge in [0.05, 0.1) is 11.4 Å². The van der Waals surface area contributed by atoms with E-state index >= 15 is 4.39 Å². The first kappa shape index (κ1) is 27.5. The molecule has 0 aliphatic rings. The SMILES string of the molecule is CN(C)Cc1ccccc1-c1ccc(NC(=O)c2cc(C(F)(F)F)nn2-c2cccc(-c3nnc(N)o3)c2)c(F)c1. The van der Waals surface area contributed by atoms with Crippen molar-refractivity contribution in [2.45, 2.75) is 12.7 Å². The Kier molecular flexibility index (Phi) is 7.28. The number of benzene rings is 3. The number of carbonyl (C=O) groups is 1. The molecule has 41 heavy (non-hydrogen) atoms. The standard InChI is InChI=1S/C28H23F4N7O2/c1-38(2)15-18-6-3-4-9-20(18)16-10-11-22(21(29)13-16)34-25(40)23-14-24(28(30,31)32)37-39(23)19-8-5-7-17(12-19)26-35-36-27(33)41-26/h3-14H,15H2,1-2H3,(H2,33,36)(H,34,40). The zero-order chi connectivity index (χ0) is 29.3. The van der Waals surface area contributed by atoms with Gasteiger partial charge in [0.25, 0.3) is 5.91 Å². The Morgan fingerprint density at radius 3 is 2.46 bits per heavy atom. The summed E-state index contributed by atoms with van der Waals surface area (Å²) in [5, 5.41) is 13.3. The third-order valence-corrected chi connectivity index (χ3v) is 6.04. The number of nitrogens with one attached hydrogen (secondary N) is 1. The van der Waals surface area contributed by atoms with Crippen molar-refractivity contribution in [2.75, 3.05) is 25.1 Å². The maximum absolute atomic E-state index is 15.2. The van der Waals surface area contributed by atoms with Crippen molar-refractivity contribution in [1.82, 2.24) is 24.9 Å². The lowest BCUT2D eigenvalue weighted by Crippen LogP contribution is -2.17. The summed E-state index contributed by atoms with van der Waals surface area (Å²) in [6.07, 6.45) is -4.84. The predicted octanol–water partition coefficient (Wildman–Crippen LogP) is 5.64. The van der Waals surface area contributed by atoms with Crippen LogP contribution in [0.3, 0.4) is 0 Å². The molecule has 1 amide bonds. The minimum Gasteiger partial charge on any atom is -0.404 e. The van der Waals surface area contributed by atoms with Crippen molar-refractivity contribution < 1.29 is 26.8 Å². The number of nitrogen functional groups attached to an aromatic ring is 1. The Morgan fingerprint density at radius 1 is 1.00 bits per heavy atom. The highest BCUT2D eigenvalue weighted by molar-refractivity contribution is 6.03. The summed E-state index contributed by atoms with van der Waals surface area (Å²) in [4.78, 5) is 15.2. The van der Waals surface area contributed by atoms with Crippen LogP contribution in [0.1, 0.15) is 21.7 Å². The molecule has 0 atom stereocenters. The number of nitrogens with two attached hydrogens (primary N) is 1. The Hall–Kier alpha value is -5.04. The molecular weight excluding hydrogens is 542 g/mol. The fraction of sp³-hybridized carbons (Fsp3) is 0.143.